The zero-order valence-corrected chi connectivity index (χ0v) is 16.0. The molecule has 24 heavy (non-hydrogen) atoms. The zero-order valence-electron chi connectivity index (χ0n) is 15.0. The van der Waals surface area contributed by atoms with Gasteiger partial charge in [0.1, 0.15) is 5.75 Å². The summed E-state index contributed by atoms with van der Waals surface area (Å²) in [6.07, 6.45) is 0.915. The van der Waals surface area contributed by atoms with E-state index in [4.69, 9.17) is 9.47 Å². The summed E-state index contributed by atoms with van der Waals surface area (Å²) < 4.78 is 10.9. The van der Waals surface area contributed by atoms with Gasteiger partial charge in [-0.25, -0.2) is 0 Å². The highest BCUT2D eigenvalue weighted by molar-refractivity contribution is 7.56. The normalized spacial score (nSPS) is 11.9. The van der Waals surface area contributed by atoms with Gasteiger partial charge in [0.25, 0.3) is 0 Å². The van der Waals surface area contributed by atoms with E-state index in [2.05, 4.69) is 39.8 Å². The van der Waals surface area contributed by atoms with Gasteiger partial charge in [0, 0.05) is 18.0 Å². The molecule has 0 saturated carbocycles. The van der Waals surface area contributed by atoms with Gasteiger partial charge < -0.3 is 9.47 Å². The first kappa shape index (κ1) is 18.6. The van der Waals surface area contributed by atoms with Crippen LogP contribution in [-0.4, -0.2) is 20.2 Å². The van der Waals surface area contributed by atoms with Gasteiger partial charge in [0.15, 0.2) is 13.1 Å². The van der Waals surface area contributed by atoms with Gasteiger partial charge in [0.2, 0.25) is 0 Å². The second-order valence-electron chi connectivity index (χ2n) is 6.80. The number of carbonyl (C=O) groups is 1. The Balaban J connectivity index is 2.51. The summed E-state index contributed by atoms with van der Waals surface area (Å²) in [5.74, 6) is 0.851. The van der Waals surface area contributed by atoms with Gasteiger partial charge >= 0.3 is 0 Å². The highest BCUT2D eigenvalue weighted by Crippen LogP contribution is 2.30. The zero-order chi connectivity index (χ0) is 17.7. The van der Waals surface area contributed by atoms with Crippen LogP contribution in [0.5, 0.6) is 5.75 Å². The molecule has 2 rings (SSSR count). The number of aryl methyl sites for hydroxylation is 1. The molecule has 0 N–H and O–H groups in total. The average Bonchev–Trinajstić information content (AvgIpc) is 2.53. The van der Waals surface area contributed by atoms with Gasteiger partial charge in [-0.05, 0) is 34.8 Å². The molecule has 2 aromatic carbocycles. The number of rotatable bonds is 6. The highest BCUT2D eigenvalue weighted by Gasteiger charge is 2.19. The predicted octanol–water partition coefficient (Wildman–Crippen LogP) is 3.72. The molecule has 3 nitrogen and oxygen atoms in total. The van der Waals surface area contributed by atoms with E-state index in [1.165, 1.54) is 5.56 Å². The molecule has 0 fully saturated rings. The minimum Gasteiger partial charge on any atom is -0.467 e. The Morgan fingerprint density at radius 3 is 2.46 bits per heavy atom. The highest BCUT2D eigenvalue weighted by atomic mass is 31.1. The molecule has 0 radical (unpaired) electrons. The van der Waals surface area contributed by atoms with E-state index in [0.29, 0.717) is 8.58 Å². The molecule has 0 saturated heterocycles. The number of carbonyl (C=O) groups excluding carboxylic acids is 1. The summed E-state index contributed by atoms with van der Waals surface area (Å²) in [6.45, 7) is 8.86. The van der Waals surface area contributed by atoms with Crippen LogP contribution in [0.3, 0.4) is 0 Å². The molecule has 0 aliphatic rings. The van der Waals surface area contributed by atoms with Crippen LogP contribution < -0.4 is 15.3 Å². The molecular formula is C20H25O3P. The van der Waals surface area contributed by atoms with E-state index in [-0.39, 0.29) is 12.2 Å². The number of hydrogen-bond donors (Lipinski definition) is 0. The fraction of sp³-hybridized carbons (Fsp3) is 0.350. The maximum absolute atomic E-state index is 11.3. The van der Waals surface area contributed by atoms with Crippen LogP contribution in [0, 0.1) is 6.92 Å². The van der Waals surface area contributed by atoms with E-state index in [1.54, 1.807) is 7.11 Å². The summed E-state index contributed by atoms with van der Waals surface area (Å²) in [5, 5.41) is 2.13. The lowest BCUT2D eigenvalue weighted by atomic mass is 9.86. The fourth-order valence-corrected chi connectivity index (χ4v) is 3.83. The standard InChI is InChI=1S/C20H25O3P/c1-14-10-16(20(2,3)4)11-18(19(14)23-13-22-5)24-17-9-7-6-8-15(17)12-21/h6-12,24H,13H2,1-5H3. The first-order valence-corrected chi connectivity index (χ1v) is 8.95. The van der Waals surface area contributed by atoms with Crippen LogP contribution in [0.25, 0.3) is 0 Å². The van der Waals surface area contributed by atoms with Crippen molar-refractivity contribution in [1.29, 1.82) is 0 Å². The van der Waals surface area contributed by atoms with Crippen molar-refractivity contribution in [3.63, 3.8) is 0 Å². The second-order valence-corrected chi connectivity index (χ2v) is 8.13. The SMILES string of the molecule is COCOc1c(C)cc(C(C)(C)C)cc1Pc1ccccc1C=O. The molecule has 1 atom stereocenters. The van der Waals surface area contributed by atoms with E-state index in [9.17, 15) is 4.79 Å². The number of methoxy groups -OCH3 is 1. The van der Waals surface area contributed by atoms with Gasteiger partial charge in [-0.1, -0.05) is 59.7 Å². The van der Waals surface area contributed by atoms with Gasteiger partial charge in [0.05, 0.1) is 0 Å². The number of hydrogen-bond acceptors (Lipinski definition) is 3. The van der Waals surface area contributed by atoms with Gasteiger partial charge in [-0.3, -0.25) is 4.79 Å². The minimum absolute atomic E-state index is 0.0496. The molecule has 0 aliphatic heterocycles. The topological polar surface area (TPSA) is 35.5 Å². The van der Waals surface area contributed by atoms with Crippen molar-refractivity contribution in [3.05, 3.63) is 53.1 Å². The van der Waals surface area contributed by atoms with Crippen molar-refractivity contribution in [3.8, 4) is 5.75 Å². The lowest BCUT2D eigenvalue weighted by molar-refractivity contribution is 0.0514. The van der Waals surface area contributed by atoms with Crippen molar-refractivity contribution < 1.29 is 14.3 Å². The van der Waals surface area contributed by atoms with Crippen LogP contribution in [0.15, 0.2) is 36.4 Å². The van der Waals surface area contributed by atoms with Crippen LogP contribution in [0.2, 0.25) is 0 Å². The second kappa shape index (κ2) is 7.92. The third-order valence-electron chi connectivity index (χ3n) is 3.82. The Morgan fingerprint density at radius 1 is 1.12 bits per heavy atom. The first-order chi connectivity index (χ1) is 11.4. The smallest absolute Gasteiger partial charge is 0.188 e. The van der Waals surface area contributed by atoms with Crippen LogP contribution in [0.4, 0.5) is 0 Å². The maximum Gasteiger partial charge on any atom is 0.188 e. The predicted molar refractivity (Wildman–Crippen MR) is 102 cm³/mol. The Kier molecular flexibility index (Phi) is 6.15. The number of ether oxygens (including phenoxy) is 2. The largest absolute Gasteiger partial charge is 0.467 e. The number of aldehydes is 1. The lowest BCUT2D eigenvalue weighted by Crippen LogP contribution is -2.19. The molecular weight excluding hydrogens is 319 g/mol. The fourth-order valence-electron chi connectivity index (χ4n) is 2.47. The Labute approximate surface area is 146 Å². The number of benzene rings is 2. The third-order valence-corrected chi connectivity index (χ3v) is 5.18. The van der Waals surface area contributed by atoms with E-state index in [0.717, 1.165) is 33.8 Å². The summed E-state index contributed by atoms with van der Waals surface area (Å²) in [4.78, 5) is 11.3. The van der Waals surface area contributed by atoms with Gasteiger partial charge in [-0.2, -0.15) is 0 Å². The van der Waals surface area contributed by atoms with Crippen molar-refractivity contribution in [2.45, 2.75) is 33.1 Å². The summed E-state index contributed by atoms with van der Waals surface area (Å²) in [6, 6.07) is 12.1. The first-order valence-electron chi connectivity index (χ1n) is 7.95. The van der Waals surface area contributed by atoms with E-state index < -0.39 is 0 Å². The van der Waals surface area contributed by atoms with Crippen molar-refractivity contribution in [2.24, 2.45) is 0 Å². The van der Waals surface area contributed by atoms with Crippen molar-refractivity contribution >= 4 is 25.5 Å². The van der Waals surface area contributed by atoms with Gasteiger partial charge in [-0.15, -0.1) is 0 Å². The molecule has 0 bridgehead atoms. The molecule has 0 spiro atoms. The molecule has 4 heteroatoms. The summed E-state index contributed by atoms with van der Waals surface area (Å²) in [7, 11) is 1.97. The Bertz CT molecular complexity index is 717. The molecule has 0 heterocycles. The minimum atomic E-state index is 0.0496. The molecule has 0 aliphatic carbocycles. The molecule has 128 valence electrons. The van der Waals surface area contributed by atoms with E-state index >= 15 is 0 Å². The molecule has 1 unspecified atom stereocenters. The molecule has 2 aromatic rings. The Morgan fingerprint density at radius 2 is 1.83 bits per heavy atom. The summed E-state index contributed by atoms with van der Waals surface area (Å²) in [5.41, 5.74) is 3.13. The average molecular weight is 344 g/mol. The van der Waals surface area contributed by atoms with Crippen LogP contribution in [-0.2, 0) is 10.2 Å². The maximum atomic E-state index is 11.3. The summed E-state index contributed by atoms with van der Waals surface area (Å²) >= 11 is 0. The Hall–Kier alpha value is -1.70. The van der Waals surface area contributed by atoms with Crippen molar-refractivity contribution in [1.82, 2.24) is 0 Å². The van der Waals surface area contributed by atoms with E-state index in [1.807, 2.05) is 24.3 Å². The van der Waals surface area contributed by atoms with Crippen LogP contribution >= 0.6 is 8.58 Å². The molecule has 0 amide bonds. The van der Waals surface area contributed by atoms with Crippen molar-refractivity contribution in [2.75, 3.05) is 13.9 Å². The monoisotopic (exact) mass is 344 g/mol. The van der Waals surface area contributed by atoms with Crippen LogP contribution in [0.1, 0.15) is 42.3 Å². The third kappa shape index (κ3) is 4.43. The quantitative estimate of drug-likeness (QED) is 0.455. The lowest BCUT2D eigenvalue weighted by Gasteiger charge is -2.23. The molecule has 0 aromatic heterocycles.